The van der Waals surface area contributed by atoms with Crippen molar-refractivity contribution in [2.45, 2.75) is 24.7 Å². The van der Waals surface area contributed by atoms with Crippen molar-refractivity contribution < 1.29 is 35.9 Å². The van der Waals surface area contributed by atoms with E-state index >= 15 is 0 Å². The predicted octanol–water partition coefficient (Wildman–Crippen LogP) is 7.57. The Balaban J connectivity index is 2.10. The molecule has 2 rings (SSSR count). The number of amides is 2. The third kappa shape index (κ3) is 9.17. The van der Waals surface area contributed by atoms with Crippen LogP contribution in [0.2, 0.25) is 15.1 Å². The highest BCUT2D eigenvalue weighted by atomic mass is 79.9. The van der Waals surface area contributed by atoms with Gasteiger partial charge in [-0.05, 0) is 51.3 Å². The van der Waals surface area contributed by atoms with E-state index in [9.17, 15) is 35.9 Å². The number of carbonyl (C=O) groups excluding carboxylic acids is 2. The number of nitrogens with one attached hydrogen (secondary N) is 2. The molecular formula is C22H16BrCl3F6N2O2. The highest BCUT2D eigenvalue weighted by molar-refractivity contribution is 9.10. The molecule has 196 valence electrons. The summed E-state index contributed by atoms with van der Waals surface area (Å²) in [5, 5.41) is 3.94. The molecule has 1 atom stereocenters. The fraction of sp³-hybridized carbons (Fsp3) is 0.273. The molecule has 4 nitrogen and oxygen atoms in total. The van der Waals surface area contributed by atoms with Crippen molar-refractivity contribution in [2.24, 2.45) is 0 Å². The maximum Gasteiger partial charge on any atom is 0.399 e. The summed E-state index contributed by atoms with van der Waals surface area (Å²) in [5.74, 6) is -3.59. The molecule has 2 aromatic carbocycles. The molecule has 0 saturated carbocycles. The zero-order chi connectivity index (χ0) is 27.3. The number of allylic oxidation sites excluding steroid dienone is 1. The van der Waals surface area contributed by atoms with Crippen LogP contribution >= 0.6 is 50.7 Å². The van der Waals surface area contributed by atoms with Crippen LogP contribution in [0.25, 0.3) is 6.08 Å². The minimum Gasteiger partial charge on any atom is -0.354 e. The topological polar surface area (TPSA) is 58.2 Å². The van der Waals surface area contributed by atoms with Crippen LogP contribution in [0.3, 0.4) is 0 Å². The van der Waals surface area contributed by atoms with Crippen LogP contribution in [-0.2, 0) is 4.79 Å². The molecule has 0 aliphatic carbocycles. The summed E-state index contributed by atoms with van der Waals surface area (Å²) in [7, 11) is 0. The molecule has 0 aliphatic rings. The summed E-state index contributed by atoms with van der Waals surface area (Å²) in [6.45, 7) is -1.19. The van der Waals surface area contributed by atoms with Gasteiger partial charge in [0, 0.05) is 11.0 Å². The van der Waals surface area contributed by atoms with E-state index < -0.39 is 49.6 Å². The van der Waals surface area contributed by atoms with Crippen molar-refractivity contribution in [1.29, 1.82) is 0 Å². The van der Waals surface area contributed by atoms with Crippen LogP contribution in [-0.4, -0.2) is 37.3 Å². The van der Waals surface area contributed by atoms with Gasteiger partial charge >= 0.3 is 12.4 Å². The Morgan fingerprint density at radius 3 is 2.11 bits per heavy atom. The first kappa shape index (κ1) is 30.3. The zero-order valence-electron chi connectivity index (χ0n) is 17.8. The summed E-state index contributed by atoms with van der Waals surface area (Å²) in [6, 6.07) is 6.19. The summed E-state index contributed by atoms with van der Waals surface area (Å²) in [5.41, 5.74) is 0.143. The second kappa shape index (κ2) is 12.5. The van der Waals surface area contributed by atoms with E-state index in [4.69, 9.17) is 34.8 Å². The van der Waals surface area contributed by atoms with Gasteiger partial charge in [-0.1, -0.05) is 53.0 Å². The Kier molecular flexibility index (Phi) is 10.5. The maximum absolute atomic E-state index is 13.7. The van der Waals surface area contributed by atoms with Gasteiger partial charge in [0.2, 0.25) is 5.91 Å². The molecule has 0 aromatic heterocycles. The number of alkyl halides is 6. The molecule has 36 heavy (non-hydrogen) atoms. The molecule has 0 aliphatic heterocycles. The summed E-state index contributed by atoms with van der Waals surface area (Å²) < 4.78 is 77.6. The molecule has 0 radical (unpaired) electrons. The average molecular weight is 641 g/mol. The number of halogens is 10. The van der Waals surface area contributed by atoms with Crippen LogP contribution in [0.4, 0.5) is 26.3 Å². The largest absolute Gasteiger partial charge is 0.399 e. The lowest BCUT2D eigenvalue weighted by Gasteiger charge is -2.18. The molecule has 2 N–H and O–H groups in total. The van der Waals surface area contributed by atoms with E-state index in [0.717, 1.165) is 18.2 Å². The predicted molar refractivity (Wildman–Crippen MR) is 129 cm³/mol. The number of rotatable bonds is 8. The zero-order valence-corrected chi connectivity index (χ0v) is 21.7. The highest BCUT2D eigenvalue weighted by Gasteiger charge is 2.39. The number of hydrogen-bond donors (Lipinski definition) is 2. The second-order valence-electron chi connectivity index (χ2n) is 7.31. The molecule has 0 fully saturated rings. The van der Waals surface area contributed by atoms with E-state index in [1.54, 1.807) is 0 Å². The second-order valence-corrected chi connectivity index (χ2v) is 9.36. The molecule has 0 bridgehead atoms. The minimum absolute atomic E-state index is 0.0545. The number of carbonyl (C=O) groups is 2. The first-order valence-electron chi connectivity index (χ1n) is 9.89. The summed E-state index contributed by atoms with van der Waals surface area (Å²) in [4.78, 5) is 23.9. The number of benzene rings is 2. The standard InChI is InChI=1S/C22H16BrCl3F6N2O2/c23-15-7-11(1-3-13(15)20(36)34-10-18(35)33-6-5-21(27,28)29)2-4-14(22(30,31)32)12-8-16(24)19(26)17(25)9-12/h1-4,7-9,14H,5-6,10H2,(H,33,35)(H,34,36)/b4-2+. The molecule has 0 heterocycles. The van der Waals surface area contributed by atoms with Crippen LogP contribution < -0.4 is 10.6 Å². The van der Waals surface area contributed by atoms with Gasteiger partial charge in [-0.25, -0.2) is 0 Å². The molecule has 1 unspecified atom stereocenters. The normalized spacial score (nSPS) is 13.1. The fourth-order valence-electron chi connectivity index (χ4n) is 2.85. The van der Waals surface area contributed by atoms with Crippen molar-refractivity contribution in [3.05, 3.63) is 72.6 Å². The lowest BCUT2D eigenvalue weighted by atomic mass is 9.97. The summed E-state index contributed by atoms with van der Waals surface area (Å²) >= 11 is 20.7. The van der Waals surface area contributed by atoms with E-state index in [1.807, 2.05) is 5.32 Å². The molecule has 2 amide bonds. The van der Waals surface area contributed by atoms with E-state index in [0.29, 0.717) is 5.56 Å². The van der Waals surface area contributed by atoms with Gasteiger partial charge in [-0.3, -0.25) is 9.59 Å². The van der Waals surface area contributed by atoms with Crippen LogP contribution in [0, 0.1) is 0 Å². The van der Waals surface area contributed by atoms with Crippen LogP contribution in [0.1, 0.15) is 33.8 Å². The Morgan fingerprint density at radius 2 is 1.58 bits per heavy atom. The van der Waals surface area contributed by atoms with E-state index in [2.05, 4.69) is 21.2 Å². The van der Waals surface area contributed by atoms with Gasteiger partial charge in [-0.2, -0.15) is 26.3 Å². The molecule has 14 heteroatoms. The van der Waals surface area contributed by atoms with E-state index in [1.165, 1.54) is 24.3 Å². The van der Waals surface area contributed by atoms with Crippen molar-refractivity contribution in [3.8, 4) is 0 Å². The Labute approximate surface area is 225 Å². The minimum atomic E-state index is -4.67. The molecule has 0 saturated heterocycles. The Bertz CT molecular complexity index is 1130. The van der Waals surface area contributed by atoms with Gasteiger partial charge < -0.3 is 10.6 Å². The smallest absolute Gasteiger partial charge is 0.354 e. The van der Waals surface area contributed by atoms with Gasteiger partial charge in [0.25, 0.3) is 5.91 Å². The monoisotopic (exact) mass is 638 g/mol. The van der Waals surface area contributed by atoms with Crippen molar-refractivity contribution in [2.75, 3.05) is 13.1 Å². The first-order valence-corrected chi connectivity index (χ1v) is 11.8. The quantitative estimate of drug-likeness (QED) is 0.231. The summed E-state index contributed by atoms with van der Waals surface area (Å²) in [6.07, 6.45) is -8.22. The van der Waals surface area contributed by atoms with Gasteiger partial charge in [0.1, 0.15) is 0 Å². The van der Waals surface area contributed by atoms with Crippen molar-refractivity contribution >= 4 is 68.6 Å². The Morgan fingerprint density at radius 1 is 0.972 bits per heavy atom. The van der Waals surface area contributed by atoms with Gasteiger partial charge in [0.15, 0.2) is 0 Å². The van der Waals surface area contributed by atoms with Crippen LogP contribution in [0.15, 0.2) is 40.9 Å². The fourth-order valence-corrected chi connectivity index (χ4v) is 4.04. The third-order valence-electron chi connectivity index (χ3n) is 4.58. The van der Waals surface area contributed by atoms with E-state index in [-0.39, 0.29) is 30.7 Å². The lowest BCUT2D eigenvalue weighted by molar-refractivity contribution is -0.139. The molecule has 0 spiro atoms. The third-order valence-corrected chi connectivity index (χ3v) is 6.43. The first-order chi connectivity index (χ1) is 16.6. The van der Waals surface area contributed by atoms with Gasteiger partial charge in [-0.15, -0.1) is 0 Å². The average Bonchev–Trinajstić information content (AvgIpc) is 2.74. The number of hydrogen-bond acceptors (Lipinski definition) is 2. The van der Waals surface area contributed by atoms with Crippen molar-refractivity contribution in [3.63, 3.8) is 0 Å². The molecule has 2 aromatic rings. The van der Waals surface area contributed by atoms with Crippen LogP contribution in [0.5, 0.6) is 0 Å². The maximum atomic E-state index is 13.7. The SMILES string of the molecule is O=C(CNC(=O)c1ccc(/C=C/C(c2cc(Cl)c(Cl)c(Cl)c2)C(F)(F)F)cc1Br)NCCC(F)(F)F. The molecular weight excluding hydrogens is 625 g/mol. The Hall–Kier alpha value is -1.95. The van der Waals surface area contributed by atoms with Gasteiger partial charge in [0.05, 0.1) is 39.5 Å². The van der Waals surface area contributed by atoms with Crippen molar-refractivity contribution in [1.82, 2.24) is 10.6 Å². The highest BCUT2D eigenvalue weighted by Crippen LogP contribution is 2.41. The lowest BCUT2D eigenvalue weighted by Crippen LogP contribution is -2.38.